The minimum Gasteiger partial charge on any atom is -0.337 e. The number of imidazole rings is 1. The molecule has 0 spiro atoms. The van der Waals surface area contributed by atoms with Crippen LogP contribution in [-0.2, 0) is 12.4 Å². The maximum Gasteiger partial charge on any atom is 0.246 e. The normalized spacial score (nSPS) is 11.3. The van der Waals surface area contributed by atoms with Gasteiger partial charge in [0.05, 0.1) is 16.9 Å². The standard InChI is InChI=1S/C12H10BrClN4O/c1-7-15-12(19-17-7)6-18-10-4-8(13)2-3-9(10)16-11(18)5-14/h2-4H,5-6H2,1H3. The Labute approximate surface area is 122 Å². The van der Waals surface area contributed by atoms with E-state index < -0.39 is 0 Å². The molecule has 3 rings (SSSR count). The average molecular weight is 342 g/mol. The van der Waals surface area contributed by atoms with Crippen molar-refractivity contribution in [3.8, 4) is 0 Å². The van der Waals surface area contributed by atoms with Crippen LogP contribution in [0.1, 0.15) is 17.5 Å². The van der Waals surface area contributed by atoms with Gasteiger partial charge >= 0.3 is 0 Å². The van der Waals surface area contributed by atoms with Crippen molar-refractivity contribution in [2.24, 2.45) is 0 Å². The van der Waals surface area contributed by atoms with Gasteiger partial charge in [-0.2, -0.15) is 4.98 Å². The highest BCUT2D eigenvalue weighted by Gasteiger charge is 2.13. The van der Waals surface area contributed by atoms with Crippen molar-refractivity contribution < 1.29 is 4.52 Å². The molecule has 0 atom stereocenters. The molecule has 3 aromatic rings. The molecule has 7 heteroatoms. The molecule has 0 aliphatic rings. The highest BCUT2D eigenvalue weighted by atomic mass is 79.9. The molecule has 0 radical (unpaired) electrons. The first kappa shape index (κ1) is 12.6. The van der Waals surface area contributed by atoms with Crippen LogP contribution in [0, 0.1) is 6.92 Å². The molecule has 1 aromatic carbocycles. The van der Waals surface area contributed by atoms with Gasteiger partial charge in [-0.05, 0) is 25.1 Å². The summed E-state index contributed by atoms with van der Waals surface area (Å²) in [7, 11) is 0. The van der Waals surface area contributed by atoms with Crippen molar-refractivity contribution in [1.29, 1.82) is 0 Å². The predicted octanol–water partition coefficient (Wildman–Crippen LogP) is 3.28. The zero-order valence-corrected chi connectivity index (χ0v) is 12.4. The van der Waals surface area contributed by atoms with E-state index in [2.05, 4.69) is 31.1 Å². The Morgan fingerprint density at radius 2 is 2.21 bits per heavy atom. The van der Waals surface area contributed by atoms with E-state index in [1.807, 2.05) is 22.8 Å². The fourth-order valence-electron chi connectivity index (χ4n) is 1.96. The van der Waals surface area contributed by atoms with E-state index in [1.54, 1.807) is 6.92 Å². The van der Waals surface area contributed by atoms with Gasteiger partial charge in [0.25, 0.3) is 0 Å². The largest absolute Gasteiger partial charge is 0.337 e. The number of aryl methyl sites for hydroxylation is 1. The molecule has 0 amide bonds. The van der Waals surface area contributed by atoms with E-state index in [0.29, 0.717) is 24.1 Å². The molecule has 0 aliphatic carbocycles. The summed E-state index contributed by atoms with van der Waals surface area (Å²) in [5.74, 6) is 2.28. The van der Waals surface area contributed by atoms with Gasteiger partial charge in [-0.25, -0.2) is 4.98 Å². The summed E-state index contributed by atoms with van der Waals surface area (Å²) in [6.07, 6.45) is 0. The number of halogens is 2. The van der Waals surface area contributed by atoms with Gasteiger partial charge in [-0.15, -0.1) is 11.6 Å². The van der Waals surface area contributed by atoms with E-state index in [-0.39, 0.29) is 0 Å². The van der Waals surface area contributed by atoms with Crippen molar-refractivity contribution in [2.45, 2.75) is 19.3 Å². The molecule has 2 aromatic heterocycles. The van der Waals surface area contributed by atoms with Crippen LogP contribution in [-0.4, -0.2) is 19.7 Å². The van der Waals surface area contributed by atoms with Crippen molar-refractivity contribution in [1.82, 2.24) is 19.7 Å². The molecule has 0 fully saturated rings. The summed E-state index contributed by atoms with van der Waals surface area (Å²) in [6, 6.07) is 5.90. The minimum atomic E-state index is 0.333. The van der Waals surface area contributed by atoms with Crippen molar-refractivity contribution in [3.05, 3.63) is 40.2 Å². The number of fused-ring (bicyclic) bond motifs is 1. The van der Waals surface area contributed by atoms with Gasteiger partial charge < -0.3 is 9.09 Å². The lowest BCUT2D eigenvalue weighted by atomic mass is 10.3. The maximum atomic E-state index is 5.95. The molecule has 19 heavy (non-hydrogen) atoms. The van der Waals surface area contributed by atoms with Gasteiger partial charge in [0, 0.05) is 4.47 Å². The summed E-state index contributed by atoms with van der Waals surface area (Å²) in [6.45, 7) is 2.26. The molecular weight excluding hydrogens is 332 g/mol. The van der Waals surface area contributed by atoms with Crippen LogP contribution in [0.3, 0.4) is 0 Å². The Morgan fingerprint density at radius 1 is 1.37 bits per heavy atom. The molecule has 0 bridgehead atoms. The quantitative estimate of drug-likeness (QED) is 0.686. The first-order chi connectivity index (χ1) is 9.17. The van der Waals surface area contributed by atoms with Crippen molar-refractivity contribution in [2.75, 3.05) is 0 Å². The number of benzene rings is 1. The third-order valence-electron chi connectivity index (χ3n) is 2.77. The first-order valence-electron chi connectivity index (χ1n) is 5.67. The minimum absolute atomic E-state index is 0.333. The van der Waals surface area contributed by atoms with E-state index in [1.165, 1.54) is 0 Å². The third-order valence-corrected chi connectivity index (χ3v) is 3.50. The Bertz CT molecular complexity index is 736. The number of rotatable bonds is 3. The molecule has 5 nitrogen and oxygen atoms in total. The number of nitrogens with zero attached hydrogens (tertiary/aromatic N) is 4. The smallest absolute Gasteiger partial charge is 0.246 e. The predicted molar refractivity (Wildman–Crippen MR) is 75.1 cm³/mol. The fourth-order valence-corrected chi connectivity index (χ4v) is 2.52. The zero-order chi connectivity index (χ0) is 13.4. The summed E-state index contributed by atoms with van der Waals surface area (Å²) in [5, 5.41) is 3.79. The molecular formula is C12H10BrClN4O. The second-order valence-electron chi connectivity index (χ2n) is 4.12. The molecule has 98 valence electrons. The summed E-state index contributed by atoms with van der Waals surface area (Å²) in [5.41, 5.74) is 1.89. The van der Waals surface area contributed by atoms with Crippen molar-refractivity contribution in [3.63, 3.8) is 0 Å². The topological polar surface area (TPSA) is 56.7 Å². The van der Waals surface area contributed by atoms with Crippen LogP contribution >= 0.6 is 27.5 Å². The number of aromatic nitrogens is 4. The Morgan fingerprint density at radius 3 is 2.89 bits per heavy atom. The highest BCUT2D eigenvalue weighted by molar-refractivity contribution is 9.10. The first-order valence-corrected chi connectivity index (χ1v) is 7.00. The van der Waals surface area contributed by atoms with Gasteiger partial charge in [0.15, 0.2) is 5.82 Å². The molecule has 0 aliphatic heterocycles. The van der Waals surface area contributed by atoms with Crippen LogP contribution in [0.15, 0.2) is 27.2 Å². The number of alkyl halides is 1. The van der Waals surface area contributed by atoms with E-state index in [4.69, 9.17) is 16.1 Å². The average Bonchev–Trinajstić information content (AvgIpc) is 2.94. The molecule has 0 saturated carbocycles. The Balaban J connectivity index is 2.12. The van der Waals surface area contributed by atoms with E-state index in [9.17, 15) is 0 Å². The van der Waals surface area contributed by atoms with Crippen LogP contribution in [0.2, 0.25) is 0 Å². The Hall–Kier alpha value is -1.40. The van der Waals surface area contributed by atoms with Gasteiger partial charge in [-0.1, -0.05) is 21.1 Å². The Kier molecular flexibility index (Phi) is 3.28. The SMILES string of the molecule is Cc1noc(Cn2c(CCl)nc3ccc(Br)cc32)n1. The van der Waals surface area contributed by atoms with Gasteiger partial charge in [0.1, 0.15) is 12.4 Å². The van der Waals surface area contributed by atoms with Crippen LogP contribution in [0.5, 0.6) is 0 Å². The van der Waals surface area contributed by atoms with Crippen LogP contribution < -0.4 is 0 Å². The second kappa shape index (κ2) is 4.94. The molecule has 0 N–H and O–H groups in total. The summed E-state index contributed by atoms with van der Waals surface area (Å²) in [4.78, 5) is 8.70. The summed E-state index contributed by atoms with van der Waals surface area (Å²) >= 11 is 9.41. The fraction of sp³-hybridized carbons (Fsp3) is 0.250. The number of hydrogen-bond donors (Lipinski definition) is 0. The van der Waals surface area contributed by atoms with E-state index in [0.717, 1.165) is 21.3 Å². The second-order valence-corrected chi connectivity index (χ2v) is 5.30. The molecule has 0 saturated heterocycles. The van der Waals surface area contributed by atoms with Crippen LogP contribution in [0.4, 0.5) is 0 Å². The maximum absolute atomic E-state index is 5.95. The lowest BCUT2D eigenvalue weighted by Crippen LogP contribution is -2.04. The molecule has 0 unspecified atom stereocenters. The lowest BCUT2D eigenvalue weighted by molar-refractivity contribution is 0.368. The van der Waals surface area contributed by atoms with Gasteiger partial charge in [0.2, 0.25) is 5.89 Å². The third kappa shape index (κ3) is 2.37. The van der Waals surface area contributed by atoms with Crippen LogP contribution in [0.25, 0.3) is 11.0 Å². The zero-order valence-electron chi connectivity index (χ0n) is 10.1. The monoisotopic (exact) mass is 340 g/mol. The highest BCUT2D eigenvalue weighted by Crippen LogP contribution is 2.22. The van der Waals surface area contributed by atoms with E-state index >= 15 is 0 Å². The number of hydrogen-bond acceptors (Lipinski definition) is 4. The molecule has 2 heterocycles. The van der Waals surface area contributed by atoms with Gasteiger partial charge in [-0.3, -0.25) is 0 Å². The lowest BCUT2D eigenvalue weighted by Gasteiger charge is -2.04. The van der Waals surface area contributed by atoms with Crippen molar-refractivity contribution >= 4 is 38.6 Å². The summed E-state index contributed by atoms with van der Waals surface area (Å²) < 4.78 is 8.13.